The van der Waals surface area contributed by atoms with Crippen molar-refractivity contribution in [1.82, 2.24) is 5.32 Å². The van der Waals surface area contributed by atoms with Gasteiger partial charge in [-0.05, 0) is 31.1 Å². The molecule has 2 atom stereocenters. The first kappa shape index (κ1) is 16.3. The van der Waals surface area contributed by atoms with Crippen molar-refractivity contribution >= 4 is 5.91 Å². The molecule has 1 aliphatic carbocycles. The highest BCUT2D eigenvalue weighted by atomic mass is 19.3. The zero-order valence-electron chi connectivity index (χ0n) is 12.4. The van der Waals surface area contributed by atoms with Gasteiger partial charge in [0.1, 0.15) is 0 Å². The Balaban J connectivity index is 2.62. The van der Waals surface area contributed by atoms with Gasteiger partial charge in [-0.3, -0.25) is 4.79 Å². The third kappa shape index (κ3) is 5.43. The van der Waals surface area contributed by atoms with Crippen LogP contribution in [0.4, 0.5) is 8.78 Å². The van der Waals surface area contributed by atoms with E-state index in [9.17, 15) is 13.6 Å². The number of hydrogen-bond acceptors (Lipinski definition) is 2. The quantitative estimate of drug-likeness (QED) is 0.810. The van der Waals surface area contributed by atoms with Crippen molar-refractivity contribution in [3.05, 3.63) is 0 Å². The zero-order valence-corrected chi connectivity index (χ0v) is 12.4. The van der Waals surface area contributed by atoms with Crippen LogP contribution in [0, 0.1) is 11.3 Å². The van der Waals surface area contributed by atoms with E-state index in [0.717, 1.165) is 0 Å². The Bertz CT molecular complexity index is 316. The van der Waals surface area contributed by atoms with Gasteiger partial charge < -0.3 is 10.1 Å². The summed E-state index contributed by atoms with van der Waals surface area (Å²) in [6, 6.07) is -0.440. The molecule has 0 saturated heterocycles. The lowest BCUT2D eigenvalue weighted by Gasteiger charge is -2.36. The lowest BCUT2D eigenvalue weighted by molar-refractivity contribution is -0.146. The highest BCUT2D eigenvalue weighted by Crippen LogP contribution is 2.31. The minimum absolute atomic E-state index is 0.285. The molecule has 1 saturated carbocycles. The molecule has 0 aromatic heterocycles. The fourth-order valence-electron chi connectivity index (χ4n) is 1.97. The highest BCUT2D eigenvalue weighted by molar-refractivity contribution is 5.83. The maximum atomic E-state index is 13.0. The molecule has 1 fully saturated rings. The van der Waals surface area contributed by atoms with Gasteiger partial charge >= 0.3 is 5.92 Å². The molecular formula is C14H25F2NO2. The molecule has 0 aromatic rings. The number of nitrogens with one attached hydrogen (secondary N) is 1. The Labute approximate surface area is 114 Å². The topological polar surface area (TPSA) is 38.3 Å². The molecule has 1 amide bonds. The van der Waals surface area contributed by atoms with Gasteiger partial charge in [0, 0.05) is 13.5 Å². The molecular weight excluding hydrogens is 252 g/mol. The molecule has 1 N–H and O–H groups in total. The molecule has 1 aliphatic rings. The van der Waals surface area contributed by atoms with Crippen LogP contribution in [0.25, 0.3) is 0 Å². The van der Waals surface area contributed by atoms with Crippen molar-refractivity contribution in [2.24, 2.45) is 11.3 Å². The van der Waals surface area contributed by atoms with Gasteiger partial charge in [0.15, 0.2) is 0 Å². The Kier molecular flexibility index (Phi) is 4.93. The number of hydrogen-bond donors (Lipinski definition) is 1. The van der Waals surface area contributed by atoms with Crippen LogP contribution in [-0.2, 0) is 9.53 Å². The van der Waals surface area contributed by atoms with E-state index in [0.29, 0.717) is 19.4 Å². The third-order valence-electron chi connectivity index (χ3n) is 3.38. The van der Waals surface area contributed by atoms with E-state index in [4.69, 9.17) is 4.74 Å². The molecule has 1 rings (SSSR count). The van der Waals surface area contributed by atoms with E-state index in [2.05, 4.69) is 5.32 Å². The summed E-state index contributed by atoms with van der Waals surface area (Å²) in [5.41, 5.74) is -0.343. The maximum Gasteiger partial charge on any atom is 0.321 e. The number of ether oxygens (including phenoxy) is 1. The zero-order chi connectivity index (χ0) is 14.8. The van der Waals surface area contributed by atoms with E-state index in [1.54, 1.807) is 0 Å². The largest absolute Gasteiger partial charge is 0.376 e. The molecule has 112 valence electrons. The van der Waals surface area contributed by atoms with Gasteiger partial charge in [-0.15, -0.1) is 0 Å². The molecule has 2 unspecified atom stereocenters. The van der Waals surface area contributed by atoms with Crippen LogP contribution in [0.3, 0.4) is 0 Å². The van der Waals surface area contributed by atoms with E-state index in [1.165, 1.54) is 12.8 Å². The lowest BCUT2D eigenvalue weighted by Crippen LogP contribution is -2.54. The summed E-state index contributed by atoms with van der Waals surface area (Å²) in [6.45, 7) is 8.80. The van der Waals surface area contributed by atoms with Crippen LogP contribution in [0.5, 0.6) is 0 Å². The summed E-state index contributed by atoms with van der Waals surface area (Å²) in [6.07, 6.45) is 2.06. The second-order valence-electron chi connectivity index (χ2n) is 6.69. The van der Waals surface area contributed by atoms with Crippen LogP contribution in [0.1, 0.15) is 47.5 Å². The first-order valence-corrected chi connectivity index (χ1v) is 6.82. The van der Waals surface area contributed by atoms with Crippen LogP contribution in [0.15, 0.2) is 0 Å². The summed E-state index contributed by atoms with van der Waals surface area (Å²) in [5.74, 6) is -4.00. The second kappa shape index (κ2) is 5.73. The minimum Gasteiger partial charge on any atom is -0.376 e. The molecule has 0 radical (unpaired) electrons. The summed E-state index contributed by atoms with van der Waals surface area (Å²) in [4.78, 5) is 11.5. The standard InChI is InChI=1S/C14H25F2NO2/c1-9(19-8-10-6-7-10)11(13(2,3)4)17-12(18)14(5,15)16/h9-11H,6-8H2,1-5H3,(H,17,18). The second-order valence-corrected chi connectivity index (χ2v) is 6.69. The van der Waals surface area contributed by atoms with Crippen molar-refractivity contribution in [1.29, 1.82) is 0 Å². The first-order chi connectivity index (χ1) is 8.51. The van der Waals surface area contributed by atoms with Crippen molar-refractivity contribution in [3.8, 4) is 0 Å². The molecule has 19 heavy (non-hydrogen) atoms. The fraction of sp³-hybridized carbons (Fsp3) is 0.929. The summed E-state index contributed by atoms with van der Waals surface area (Å²) in [5, 5.41) is 2.43. The van der Waals surface area contributed by atoms with E-state index in [-0.39, 0.29) is 11.5 Å². The van der Waals surface area contributed by atoms with Crippen LogP contribution >= 0.6 is 0 Å². The molecule has 0 spiro atoms. The van der Waals surface area contributed by atoms with Crippen LogP contribution < -0.4 is 5.32 Å². The summed E-state index contributed by atoms with van der Waals surface area (Å²) < 4.78 is 31.7. The number of carbonyl (C=O) groups excluding carboxylic acids is 1. The minimum atomic E-state index is -3.36. The fourth-order valence-corrected chi connectivity index (χ4v) is 1.97. The molecule has 0 aromatic carbocycles. The van der Waals surface area contributed by atoms with Gasteiger partial charge in [0.25, 0.3) is 5.91 Å². The molecule has 0 aliphatic heterocycles. The predicted octanol–water partition coefficient (Wildman–Crippen LogP) is 2.99. The van der Waals surface area contributed by atoms with Crippen LogP contribution in [0.2, 0.25) is 0 Å². The summed E-state index contributed by atoms with van der Waals surface area (Å²) in [7, 11) is 0. The van der Waals surface area contributed by atoms with Crippen molar-refractivity contribution < 1.29 is 18.3 Å². The molecule has 0 heterocycles. The summed E-state index contributed by atoms with van der Waals surface area (Å²) >= 11 is 0. The van der Waals surface area contributed by atoms with E-state index < -0.39 is 17.9 Å². The van der Waals surface area contributed by atoms with Crippen molar-refractivity contribution in [3.63, 3.8) is 0 Å². The molecule has 5 heteroatoms. The Morgan fingerprint density at radius 3 is 2.21 bits per heavy atom. The number of rotatable bonds is 6. The number of alkyl halides is 2. The smallest absolute Gasteiger partial charge is 0.321 e. The Morgan fingerprint density at radius 2 is 1.84 bits per heavy atom. The number of halogens is 2. The van der Waals surface area contributed by atoms with Gasteiger partial charge in [-0.25, -0.2) is 0 Å². The predicted molar refractivity (Wildman–Crippen MR) is 70.1 cm³/mol. The lowest BCUT2D eigenvalue weighted by atomic mass is 9.83. The normalized spacial score (nSPS) is 19.9. The number of carbonyl (C=O) groups is 1. The Hall–Kier alpha value is -0.710. The third-order valence-corrected chi connectivity index (χ3v) is 3.38. The van der Waals surface area contributed by atoms with Crippen molar-refractivity contribution in [2.45, 2.75) is 65.5 Å². The SMILES string of the molecule is CC(OCC1CC1)C(NC(=O)C(C)(F)F)C(C)(C)C. The number of amides is 1. The molecule has 3 nitrogen and oxygen atoms in total. The average molecular weight is 277 g/mol. The molecule has 0 bridgehead atoms. The Morgan fingerprint density at radius 1 is 1.32 bits per heavy atom. The van der Waals surface area contributed by atoms with Gasteiger partial charge in [0.2, 0.25) is 0 Å². The van der Waals surface area contributed by atoms with E-state index in [1.807, 2.05) is 27.7 Å². The maximum absolute atomic E-state index is 13.0. The van der Waals surface area contributed by atoms with Gasteiger partial charge in [-0.2, -0.15) is 8.78 Å². The van der Waals surface area contributed by atoms with Gasteiger partial charge in [0.05, 0.1) is 12.1 Å². The monoisotopic (exact) mass is 277 g/mol. The van der Waals surface area contributed by atoms with E-state index >= 15 is 0 Å². The first-order valence-electron chi connectivity index (χ1n) is 6.82. The highest BCUT2D eigenvalue weighted by Gasteiger charge is 2.39. The van der Waals surface area contributed by atoms with Gasteiger partial charge in [-0.1, -0.05) is 20.8 Å². The van der Waals surface area contributed by atoms with Crippen molar-refractivity contribution in [2.75, 3.05) is 6.61 Å². The average Bonchev–Trinajstić information content (AvgIpc) is 3.02. The van der Waals surface area contributed by atoms with Crippen LogP contribution in [-0.4, -0.2) is 30.6 Å².